The van der Waals surface area contributed by atoms with Gasteiger partial charge in [0, 0.05) is 32.0 Å². The fourth-order valence-corrected chi connectivity index (χ4v) is 3.86. The summed E-state index contributed by atoms with van der Waals surface area (Å²) in [5.41, 5.74) is -0.142. The maximum atomic E-state index is 12.8. The van der Waals surface area contributed by atoms with E-state index >= 15 is 0 Å². The quantitative estimate of drug-likeness (QED) is 0.298. The van der Waals surface area contributed by atoms with Gasteiger partial charge in [-0.3, -0.25) is 9.69 Å². The van der Waals surface area contributed by atoms with E-state index in [0.29, 0.717) is 5.57 Å². The van der Waals surface area contributed by atoms with Crippen LogP contribution in [0.5, 0.6) is 0 Å². The molecule has 0 N–H and O–H groups in total. The van der Waals surface area contributed by atoms with Crippen molar-refractivity contribution < 1.29 is 28.6 Å². The topological polar surface area (TPSA) is 82.1 Å². The second kappa shape index (κ2) is 7.31. The second-order valence-electron chi connectivity index (χ2n) is 7.25. The summed E-state index contributed by atoms with van der Waals surface area (Å²) < 4.78 is 16.6. The van der Waals surface area contributed by atoms with E-state index in [4.69, 9.17) is 14.2 Å². The molecule has 0 aliphatic carbocycles. The summed E-state index contributed by atoms with van der Waals surface area (Å²) >= 11 is 0. The molecule has 0 aromatic rings. The van der Waals surface area contributed by atoms with Gasteiger partial charge >= 0.3 is 17.9 Å². The van der Waals surface area contributed by atoms with Gasteiger partial charge in [0.1, 0.15) is 12.7 Å². The Morgan fingerprint density at radius 3 is 2.85 bits per heavy atom. The summed E-state index contributed by atoms with van der Waals surface area (Å²) in [5, 5.41) is 0. The van der Waals surface area contributed by atoms with Gasteiger partial charge in [0.2, 0.25) is 5.60 Å². The lowest BCUT2D eigenvalue weighted by Crippen LogP contribution is -2.45. The minimum atomic E-state index is -1.67. The molecule has 27 heavy (non-hydrogen) atoms. The predicted molar refractivity (Wildman–Crippen MR) is 96.6 cm³/mol. The molecule has 0 radical (unpaired) electrons. The van der Waals surface area contributed by atoms with Gasteiger partial charge in [0.15, 0.2) is 0 Å². The van der Waals surface area contributed by atoms with Crippen LogP contribution in [0, 0.1) is 0 Å². The first-order valence-corrected chi connectivity index (χ1v) is 9.10. The number of allylic oxidation sites excluding steroid dienone is 1. The molecule has 0 saturated carbocycles. The number of esters is 3. The van der Waals surface area contributed by atoms with E-state index in [-0.39, 0.29) is 30.7 Å². The van der Waals surface area contributed by atoms with Crippen LogP contribution in [-0.2, 0) is 28.6 Å². The van der Waals surface area contributed by atoms with Crippen molar-refractivity contribution in [1.29, 1.82) is 0 Å². The molecule has 0 amide bonds. The molecule has 3 atom stereocenters. The monoisotopic (exact) mass is 375 g/mol. The normalized spacial score (nSPS) is 33.5. The molecule has 3 aliphatic rings. The van der Waals surface area contributed by atoms with E-state index in [1.165, 1.54) is 13.8 Å². The molecule has 0 spiro atoms. The Morgan fingerprint density at radius 1 is 1.44 bits per heavy atom. The molecule has 0 bridgehead atoms. The van der Waals surface area contributed by atoms with Crippen molar-refractivity contribution in [3.05, 3.63) is 35.5 Å². The number of carbonyl (C=O) groups is 3. The smallest absolute Gasteiger partial charge is 0.355 e. The van der Waals surface area contributed by atoms with Gasteiger partial charge in [0.05, 0.1) is 6.04 Å². The van der Waals surface area contributed by atoms with Crippen molar-refractivity contribution >= 4 is 17.9 Å². The third-order valence-corrected chi connectivity index (χ3v) is 5.47. The van der Waals surface area contributed by atoms with E-state index in [0.717, 1.165) is 25.1 Å². The van der Waals surface area contributed by atoms with Crippen LogP contribution < -0.4 is 0 Å². The van der Waals surface area contributed by atoms with Gasteiger partial charge in [-0.15, -0.1) is 0 Å². The van der Waals surface area contributed by atoms with Crippen LogP contribution >= 0.6 is 0 Å². The molecule has 0 aromatic heterocycles. The Bertz CT molecular complexity index is 752. The Balaban J connectivity index is 1.95. The lowest BCUT2D eigenvalue weighted by molar-refractivity contribution is -0.174. The zero-order chi connectivity index (χ0) is 19.8. The summed E-state index contributed by atoms with van der Waals surface area (Å²) in [6.07, 6.45) is 4.16. The summed E-state index contributed by atoms with van der Waals surface area (Å²) in [4.78, 5) is 39.3. The number of nitrogens with zero attached hydrogens (tertiary/aromatic N) is 1. The Labute approximate surface area is 158 Å². The van der Waals surface area contributed by atoms with Gasteiger partial charge in [-0.2, -0.15) is 0 Å². The average molecular weight is 375 g/mol. The number of cyclic esters (lactones) is 1. The second-order valence-corrected chi connectivity index (χ2v) is 7.25. The van der Waals surface area contributed by atoms with Gasteiger partial charge in [0.25, 0.3) is 0 Å². The van der Waals surface area contributed by atoms with Crippen LogP contribution in [-0.4, -0.2) is 60.3 Å². The maximum Gasteiger partial charge on any atom is 0.355 e. The zero-order valence-electron chi connectivity index (χ0n) is 15.9. The first-order chi connectivity index (χ1) is 12.8. The van der Waals surface area contributed by atoms with Crippen molar-refractivity contribution in [2.75, 3.05) is 19.7 Å². The fraction of sp³-hybridized carbons (Fsp3) is 0.550. The third kappa shape index (κ3) is 3.56. The molecule has 2 fully saturated rings. The minimum Gasteiger partial charge on any atom is -0.458 e. The average Bonchev–Trinajstić information content (AvgIpc) is 3.18. The van der Waals surface area contributed by atoms with Gasteiger partial charge < -0.3 is 14.2 Å². The third-order valence-electron chi connectivity index (χ3n) is 5.47. The number of rotatable bonds is 1. The van der Waals surface area contributed by atoms with Crippen LogP contribution in [0.25, 0.3) is 0 Å². The molecule has 2 saturated heterocycles. The van der Waals surface area contributed by atoms with Crippen molar-refractivity contribution in [1.82, 2.24) is 4.90 Å². The molecule has 3 aliphatic heterocycles. The Hall–Kier alpha value is -2.41. The maximum absolute atomic E-state index is 12.8. The van der Waals surface area contributed by atoms with Crippen LogP contribution in [0.2, 0.25) is 0 Å². The number of ether oxygens (including phenoxy) is 3. The molecule has 3 unspecified atom stereocenters. The highest BCUT2D eigenvalue weighted by atomic mass is 16.6. The van der Waals surface area contributed by atoms with E-state index in [2.05, 4.69) is 11.5 Å². The lowest BCUT2D eigenvalue weighted by Gasteiger charge is -2.31. The van der Waals surface area contributed by atoms with Gasteiger partial charge in [-0.25, -0.2) is 9.59 Å². The molecule has 146 valence electrons. The van der Waals surface area contributed by atoms with Crippen molar-refractivity contribution in [3.8, 4) is 0 Å². The van der Waals surface area contributed by atoms with Crippen molar-refractivity contribution in [3.63, 3.8) is 0 Å². The SMILES string of the molecule is C=C1C/C(=C\C)C(=O)OC2CCN3CC=C(COC(=O)C1(C)OC(C)=O)C23. The molecular weight excluding hydrogens is 350 g/mol. The summed E-state index contributed by atoms with van der Waals surface area (Å²) in [7, 11) is 0. The minimum absolute atomic E-state index is 0.0536. The van der Waals surface area contributed by atoms with Gasteiger partial charge in [-0.1, -0.05) is 18.7 Å². The van der Waals surface area contributed by atoms with Crippen LogP contribution in [0.4, 0.5) is 0 Å². The molecular formula is C20H25NO6. The standard InChI is InChI=1S/C20H25NO6/c1-5-14-10-12(2)20(4,27-13(3)22)19(24)25-11-15-6-8-21-9-7-16(17(15)21)26-18(14)23/h5-6,16-17H,2,7-11H2,1,3-4H3/b14-5+. The van der Waals surface area contributed by atoms with Gasteiger partial charge in [-0.05, 0) is 31.4 Å². The number of hydrogen-bond donors (Lipinski definition) is 0. The molecule has 7 nitrogen and oxygen atoms in total. The lowest BCUT2D eigenvalue weighted by atomic mass is 9.90. The Kier molecular flexibility index (Phi) is 5.24. The first kappa shape index (κ1) is 19.4. The number of hydrogen-bond acceptors (Lipinski definition) is 7. The van der Waals surface area contributed by atoms with E-state index < -0.39 is 23.5 Å². The van der Waals surface area contributed by atoms with E-state index in [9.17, 15) is 14.4 Å². The molecule has 3 rings (SSSR count). The summed E-state index contributed by atoms with van der Waals surface area (Å²) in [5.74, 6) is -1.76. The highest BCUT2D eigenvalue weighted by Crippen LogP contribution is 2.34. The van der Waals surface area contributed by atoms with Crippen LogP contribution in [0.3, 0.4) is 0 Å². The predicted octanol–water partition coefficient (Wildman–Crippen LogP) is 1.68. The van der Waals surface area contributed by atoms with Crippen LogP contribution in [0.15, 0.2) is 35.5 Å². The van der Waals surface area contributed by atoms with E-state index in [1.807, 2.05) is 6.08 Å². The van der Waals surface area contributed by atoms with Crippen molar-refractivity contribution in [2.45, 2.75) is 51.4 Å². The fourth-order valence-electron chi connectivity index (χ4n) is 3.86. The summed E-state index contributed by atoms with van der Waals surface area (Å²) in [6, 6.07) is -0.0811. The summed E-state index contributed by atoms with van der Waals surface area (Å²) in [6.45, 7) is 9.89. The largest absolute Gasteiger partial charge is 0.458 e. The molecule has 0 aromatic carbocycles. The first-order valence-electron chi connectivity index (χ1n) is 9.10. The highest BCUT2D eigenvalue weighted by molar-refractivity contribution is 5.91. The molecule has 7 heteroatoms. The molecule has 3 heterocycles. The van der Waals surface area contributed by atoms with E-state index in [1.54, 1.807) is 13.0 Å². The zero-order valence-corrected chi connectivity index (χ0v) is 15.9. The van der Waals surface area contributed by atoms with Crippen LogP contribution in [0.1, 0.15) is 33.6 Å². The van der Waals surface area contributed by atoms with Crippen molar-refractivity contribution in [2.24, 2.45) is 0 Å². The Morgan fingerprint density at radius 2 is 2.19 bits per heavy atom. The highest BCUT2D eigenvalue weighted by Gasteiger charge is 2.46. The number of carbonyl (C=O) groups excluding carboxylic acids is 3.